The molecule has 0 saturated heterocycles. The van der Waals surface area contributed by atoms with Crippen LogP contribution in [0.3, 0.4) is 0 Å². The van der Waals surface area contributed by atoms with Gasteiger partial charge in [-0.15, -0.1) is 11.6 Å². The maximum Gasteiger partial charge on any atom is 0.146 e. The van der Waals surface area contributed by atoms with Crippen LogP contribution in [0.2, 0.25) is 10.0 Å². The van der Waals surface area contributed by atoms with Crippen LogP contribution in [0, 0.1) is 5.82 Å². The third-order valence-corrected chi connectivity index (χ3v) is 4.18. The Balaban J connectivity index is 2.59. The topological polar surface area (TPSA) is 18.5 Å². The summed E-state index contributed by atoms with van der Waals surface area (Å²) < 4.78 is 24.4. The number of alkyl halides is 1. The summed E-state index contributed by atoms with van der Waals surface area (Å²) in [7, 11) is 2.95. The van der Waals surface area contributed by atoms with Crippen molar-refractivity contribution in [3.63, 3.8) is 0 Å². The maximum atomic E-state index is 14.0. The van der Waals surface area contributed by atoms with Crippen LogP contribution in [0.25, 0.3) is 0 Å². The Bertz CT molecular complexity index is 641. The van der Waals surface area contributed by atoms with Crippen LogP contribution in [0.1, 0.15) is 16.5 Å². The third-order valence-electron chi connectivity index (χ3n) is 3.04. The number of ether oxygens (including phenoxy) is 2. The van der Waals surface area contributed by atoms with Crippen molar-refractivity contribution in [3.8, 4) is 11.5 Å². The monoisotopic (exact) mass is 348 g/mol. The Morgan fingerprint density at radius 1 is 1.05 bits per heavy atom. The van der Waals surface area contributed by atoms with Crippen LogP contribution in [0.5, 0.6) is 11.5 Å². The number of hydrogen-bond donors (Lipinski definition) is 0. The third kappa shape index (κ3) is 3.05. The number of methoxy groups -OCH3 is 2. The molecule has 2 rings (SSSR count). The summed E-state index contributed by atoms with van der Waals surface area (Å²) in [5.74, 6) is 0.285. The van der Waals surface area contributed by atoms with Gasteiger partial charge in [0.1, 0.15) is 22.3 Å². The molecule has 6 heteroatoms. The van der Waals surface area contributed by atoms with Crippen molar-refractivity contribution in [2.75, 3.05) is 14.2 Å². The van der Waals surface area contributed by atoms with E-state index in [2.05, 4.69) is 0 Å². The lowest BCUT2D eigenvalue weighted by molar-refractivity contribution is 0.391. The van der Waals surface area contributed by atoms with E-state index >= 15 is 0 Å². The molecule has 2 aromatic rings. The van der Waals surface area contributed by atoms with Crippen molar-refractivity contribution in [2.45, 2.75) is 5.38 Å². The van der Waals surface area contributed by atoms with Gasteiger partial charge in [0.25, 0.3) is 0 Å². The zero-order chi connectivity index (χ0) is 15.6. The summed E-state index contributed by atoms with van der Waals surface area (Å²) in [6.07, 6.45) is 0. The van der Waals surface area contributed by atoms with E-state index in [0.717, 1.165) is 0 Å². The molecular formula is C15H12Cl3FO2. The Labute approximate surface area is 137 Å². The van der Waals surface area contributed by atoms with E-state index in [-0.39, 0.29) is 15.6 Å². The summed E-state index contributed by atoms with van der Waals surface area (Å²) in [6, 6.07) is 7.71. The van der Waals surface area contributed by atoms with Crippen molar-refractivity contribution in [3.05, 3.63) is 57.3 Å². The molecule has 112 valence electrons. The molecular weight excluding hydrogens is 338 g/mol. The maximum absolute atomic E-state index is 14.0. The van der Waals surface area contributed by atoms with Crippen molar-refractivity contribution in [1.82, 2.24) is 0 Å². The van der Waals surface area contributed by atoms with Gasteiger partial charge in [-0.2, -0.15) is 0 Å². The molecule has 0 aliphatic heterocycles. The Hall–Kier alpha value is -1.16. The highest BCUT2D eigenvalue weighted by Crippen LogP contribution is 2.45. The number of hydrogen-bond acceptors (Lipinski definition) is 2. The van der Waals surface area contributed by atoms with Crippen molar-refractivity contribution >= 4 is 34.8 Å². The van der Waals surface area contributed by atoms with Crippen molar-refractivity contribution in [2.24, 2.45) is 0 Å². The second-order valence-corrected chi connectivity index (χ2v) is 5.42. The minimum Gasteiger partial charge on any atom is -0.495 e. The van der Waals surface area contributed by atoms with E-state index < -0.39 is 11.2 Å². The first kappa shape index (κ1) is 16.2. The lowest BCUT2D eigenvalue weighted by Gasteiger charge is -2.18. The van der Waals surface area contributed by atoms with E-state index in [1.54, 1.807) is 18.2 Å². The van der Waals surface area contributed by atoms with Gasteiger partial charge in [-0.05, 0) is 24.3 Å². The average Bonchev–Trinajstić information content (AvgIpc) is 2.46. The number of rotatable bonds is 4. The molecule has 0 aliphatic rings. The van der Waals surface area contributed by atoms with E-state index in [9.17, 15) is 4.39 Å². The van der Waals surface area contributed by atoms with Crippen LogP contribution in [0.4, 0.5) is 4.39 Å². The molecule has 0 N–H and O–H groups in total. The van der Waals surface area contributed by atoms with Gasteiger partial charge in [0.15, 0.2) is 0 Å². The van der Waals surface area contributed by atoms with Gasteiger partial charge in [-0.1, -0.05) is 29.3 Å². The smallest absolute Gasteiger partial charge is 0.146 e. The van der Waals surface area contributed by atoms with Gasteiger partial charge in [0.05, 0.1) is 19.6 Å². The first-order chi connectivity index (χ1) is 10.0. The van der Waals surface area contributed by atoms with E-state index in [0.29, 0.717) is 17.1 Å². The first-order valence-corrected chi connectivity index (χ1v) is 7.18. The Kier molecular flexibility index (Phi) is 5.20. The highest BCUT2D eigenvalue weighted by atomic mass is 35.5. The van der Waals surface area contributed by atoms with Gasteiger partial charge in [0.2, 0.25) is 0 Å². The predicted octanol–water partition coefficient (Wildman–Crippen LogP) is 5.48. The molecule has 0 fully saturated rings. The molecule has 1 unspecified atom stereocenters. The van der Waals surface area contributed by atoms with Crippen LogP contribution in [-0.4, -0.2) is 14.2 Å². The first-order valence-electron chi connectivity index (χ1n) is 5.99. The molecule has 0 spiro atoms. The zero-order valence-electron chi connectivity index (χ0n) is 11.3. The lowest BCUT2D eigenvalue weighted by Crippen LogP contribution is -2.02. The van der Waals surface area contributed by atoms with Crippen LogP contribution < -0.4 is 9.47 Å². The molecule has 0 heterocycles. The molecule has 2 aromatic carbocycles. The minimum absolute atomic E-state index is 0.181. The van der Waals surface area contributed by atoms with Gasteiger partial charge >= 0.3 is 0 Å². The highest BCUT2D eigenvalue weighted by Gasteiger charge is 2.24. The van der Waals surface area contributed by atoms with Crippen LogP contribution >= 0.6 is 34.8 Å². The molecule has 0 aromatic heterocycles. The molecule has 0 saturated carbocycles. The second-order valence-electron chi connectivity index (χ2n) is 4.20. The van der Waals surface area contributed by atoms with Gasteiger partial charge in [-0.25, -0.2) is 4.39 Å². The predicted molar refractivity (Wildman–Crippen MR) is 83.7 cm³/mol. The summed E-state index contributed by atoms with van der Waals surface area (Å²) in [5.41, 5.74) is 0.692. The lowest BCUT2D eigenvalue weighted by atomic mass is 10.0. The van der Waals surface area contributed by atoms with Gasteiger partial charge < -0.3 is 9.47 Å². The molecule has 2 nitrogen and oxygen atoms in total. The molecule has 0 aliphatic carbocycles. The largest absolute Gasteiger partial charge is 0.495 e. The fourth-order valence-electron chi connectivity index (χ4n) is 2.03. The van der Waals surface area contributed by atoms with Gasteiger partial charge in [0, 0.05) is 16.1 Å². The summed E-state index contributed by atoms with van der Waals surface area (Å²) in [6.45, 7) is 0. The molecule has 0 radical (unpaired) electrons. The summed E-state index contributed by atoms with van der Waals surface area (Å²) in [4.78, 5) is 0. The fourth-order valence-corrected chi connectivity index (χ4v) is 3.07. The standard InChI is InChI=1S/C15H12Cl3FO2/c1-20-11-7-6-8(15(21-2)14(11)18)13(17)12-9(16)4-3-5-10(12)19/h3-7,13H,1-2H3. The fraction of sp³-hybridized carbons (Fsp3) is 0.200. The molecule has 0 amide bonds. The minimum atomic E-state index is -0.836. The van der Waals surface area contributed by atoms with E-state index in [4.69, 9.17) is 44.3 Å². The van der Waals surface area contributed by atoms with Crippen molar-refractivity contribution in [1.29, 1.82) is 0 Å². The molecule has 0 bridgehead atoms. The van der Waals surface area contributed by atoms with Crippen LogP contribution in [-0.2, 0) is 0 Å². The van der Waals surface area contributed by atoms with Crippen LogP contribution in [0.15, 0.2) is 30.3 Å². The normalized spacial score (nSPS) is 12.1. The second kappa shape index (κ2) is 6.73. The summed E-state index contributed by atoms with van der Waals surface area (Å²) >= 11 is 18.6. The Morgan fingerprint density at radius 2 is 1.76 bits per heavy atom. The molecule has 21 heavy (non-hydrogen) atoms. The highest BCUT2D eigenvalue weighted by molar-refractivity contribution is 6.34. The number of halogens is 4. The summed E-state index contributed by atoms with van der Waals surface area (Å²) in [5, 5.41) is -0.323. The number of benzene rings is 2. The van der Waals surface area contributed by atoms with Crippen molar-refractivity contribution < 1.29 is 13.9 Å². The van der Waals surface area contributed by atoms with E-state index in [1.807, 2.05) is 0 Å². The average molecular weight is 350 g/mol. The zero-order valence-corrected chi connectivity index (χ0v) is 13.6. The van der Waals surface area contributed by atoms with E-state index in [1.165, 1.54) is 26.4 Å². The molecule has 1 atom stereocenters. The van der Waals surface area contributed by atoms with Gasteiger partial charge in [-0.3, -0.25) is 0 Å². The SMILES string of the molecule is COc1ccc(C(Cl)c2c(F)cccc2Cl)c(OC)c1Cl. The quantitative estimate of drug-likeness (QED) is 0.681. The Morgan fingerprint density at radius 3 is 2.33 bits per heavy atom.